The molecule has 1 aliphatic heterocycles. The summed E-state index contributed by atoms with van der Waals surface area (Å²) in [6, 6.07) is 19.5. The van der Waals surface area contributed by atoms with Crippen molar-refractivity contribution in [2.24, 2.45) is 0 Å². The number of rotatable bonds is 10. The van der Waals surface area contributed by atoms with Crippen LogP contribution in [0.3, 0.4) is 0 Å². The molecule has 1 saturated heterocycles. The van der Waals surface area contributed by atoms with Crippen molar-refractivity contribution in [2.75, 3.05) is 6.61 Å². The van der Waals surface area contributed by atoms with E-state index < -0.39 is 50.1 Å². The molecule has 1 aliphatic rings. The van der Waals surface area contributed by atoms with Gasteiger partial charge in [-0.3, -0.25) is 9.59 Å². The fraction of sp³-hybridized carbons (Fsp3) is 0.517. The minimum absolute atomic E-state index is 0.0136. The van der Waals surface area contributed by atoms with Crippen molar-refractivity contribution in [3.8, 4) is 0 Å². The van der Waals surface area contributed by atoms with Gasteiger partial charge in [-0.1, -0.05) is 81.1 Å². The third kappa shape index (κ3) is 8.41. The SMILES string of the molecule is CC(=O)O[C@@H]1[C@H](OCc2ccccc2)[C@@H](OC(C)=O)[C@H](Sc2ccccc2)O[C@@H]1CO[Si](C)(C)C(C)(C)C. The third-order valence-electron chi connectivity index (χ3n) is 6.89. The normalized spacial score (nSPS) is 24.0. The predicted octanol–water partition coefficient (Wildman–Crippen LogP) is 5.97. The summed E-state index contributed by atoms with van der Waals surface area (Å²) in [6.07, 6.45) is -3.05. The highest BCUT2D eigenvalue weighted by molar-refractivity contribution is 7.99. The molecule has 208 valence electrons. The fourth-order valence-electron chi connectivity index (χ4n) is 3.85. The van der Waals surface area contributed by atoms with Gasteiger partial charge < -0.3 is 23.4 Å². The van der Waals surface area contributed by atoms with E-state index in [1.54, 1.807) is 0 Å². The maximum atomic E-state index is 12.3. The monoisotopic (exact) mass is 560 g/mol. The van der Waals surface area contributed by atoms with Crippen LogP contribution in [0.5, 0.6) is 0 Å². The van der Waals surface area contributed by atoms with Crippen molar-refractivity contribution in [1.82, 2.24) is 0 Å². The minimum Gasteiger partial charge on any atom is -0.457 e. The van der Waals surface area contributed by atoms with Gasteiger partial charge in [0.05, 0.1) is 13.2 Å². The average Bonchev–Trinajstić information content (AvgIpc) is 2.84. The number of hydrogen-bond acceptors (Lipinski definition) is 8. The van der Waals surface area contributed by atoms with E-state index in [4.69, 9.17) is 23.4 Å². The largest absolute Gasteiger partial charge is 0.457 e. The summed E-state index contributed by atoms with van der Waals surface area (Å²) < 4.78 is 31.1. The smallest absolute Gasteiger partial charge is 0.303 e. The number of carbonyl (C=O) groups is 2. The molecule has 0 aliphatic carbocycles. The second-order valence-corrected chi connectivity index (χ2v) is 16.9. The lowest BCUT2D eigenvalue weighted by molar-refractivity contribution is -0.239. The summed E-state index contributed by atoms with van der Waals surface area (Å²) in [6.45, 7) is 14.0. The molecular weight excluding hydrogens is 520 g/mol. The highest BCUT2D eigenvalue weighted by Crippen LogP contribution is 2.40. The van der Waals surface area contributed by atoms with Gasteiger partial charge in [0.25, 0.3) is 0 Å². The van der Waals surface area contributed by atoms with Gasteiger partial charge in [0.2, 0.25) is 0 Å². The molecule has 1 fully saturated rings. The van der Waals surface area contributed by atoms with Crippen LogP contribution in [-0.4, -0.2) is 56.7 Å². The van der Waals surface area contributed by atoms with Crippen molar-refractivity contribution >= 4 is 32.0 Å². The Morgan fingerprint density at radius 2 is 1.42 bits per heavy atom. The van der Waals surface area contributed by atoms with Gasteiger partial charge >= 0.3 is 11.9 Å². The Labute approximate surface area is 231 Å². The lowest BCUT2D eigenvalue weighted by Crippen LogP contribution is -2.61. The Bertz CT molecular complexity index is 1040. The summed E-state index contributed by atoms with van der Waals surface area (Å²) in [5.41, 5.74) is 0.338. The van der Waals surface area contributed by atoms with Gasteiger partial charge in [0.15, 0.2) is 20.5 Å². The minimum atomic E-state index is -2.14. The van der Waals surface area contributed by atoms with Gasteiger partial charge in [-0.05, 0) is 35.8 Å². The predicted molar refractivity (Wildman–Crippen MR) is 150 cm³/mol. The maximum Gasteiger partial charge on any atom is 0.303 e. The molecule has 2 aromatic carbocycles. The van der Waals surface area contributed by atoms with Crippen LogP contribution in [0.15, 0.2) is 65.6 Å². The van der Waals surface area contributed by atoms with E-state index in [1.165, 1.54) is 25.6 Å². The summed E-state index contributed by atoms with van der Waals surface area (Å²) in [5.74, 6) is -0.942. The van der Waals surface area contributed by atoms with Crippen LogP contribution >= 0.6 is 11.8 Å². The molecule has 5 atom stereocenters. The number of benzene rings is 2. The first-order valence-electron chi connectivity index (χ1n) is 12.9. The molecule has 0 N–H and O–H groups in total. The third-order valence-corrected chi connectivity index (χ3v) is 12.5. The summed E-state index contributed by atoms with van der Waals surface area (Å²) in [4.78, 5) is 25.4. The zero-order chi connectivity index (χ0) is 27.9. The topological polar surface area (TPSA) is 80.3 Å². The molecule has 0 spiro atoms. The Balaban J connectivity index is 1.98. The van der Waals surface area contributed by atoms with E-state index in [1.807, 2.05) is 60.7 Å². The maximum absolute atomic E-state index is 12.3. The summed E-state index contributed by atoms with van der Waals surface area (Å²) in [7, 11) is -2.14. The van der Waals surface area contributed by atoms with E-state index >= 15 is 0 Å². The lowest BCUT2D eigenvalue weighted by atomic mass is 9.99. The van der Waals surface area contributed by atoms with Crippen LogP contribution in [0, 0.1) is 0 Å². The molecule has 9 heteroatoms. The Kier molecular flexibility index (Phi) is 10.6. The van der Waals surface area contributed by atoms with E-state index in [0.717, 1.165) is 10.5 Å². The molecule has 0 radical (unpaired) electrons. The molecule has 0 amide bonds. The molecule has 38 heavy (non-hydrogen) atoms. The van der Waals surface area contributed by atoms with Gasteiger partial charge in [0, 0.05) is 18.7 Å². The Morgan fingerprint density at radius 3 is 1.97 bits per heavy atom. The van der Waals surface area contributed by atoms with Crippen molar-refractivity contribution in [3.63, 3.8) is 0 Å². The zero-order valence-corrected chi connectivity index (χ0v) is 25.2. The quantitative estimate of drug-likeness (QED) is 0.260. The highest BCUT2D eigenvalue weighted by Gasteiger charge is 2.51. The van der Waals surface area contributed by atoms with Crippen molar-refractivity contribution in [2.45, 2.75) is 94.1 Å². The van der Waals surface area contributed by atoms with E-state index in [9.17, 15) is 9.59 Å². The molecule has 2 aromatic rings. The molecular formula is C29H40O7SSi. The van der Waals surface area contributed by atoms with Crippen LogP contribution < -0.4 is 0 Å². The number of ether oxygens (including phenoxy) is 4. The molecule has 7 nitrogen and oxygen atoms in total. The zero-order valence-electron chi connectivity index (χ0n) is 23.3. The number of carbonyl (C=O) groups excluding carboxylic acids is 2. The number of hydrogen-bond donors (Lipinski definition) is 0. The second kappa shape index (κ2) is 13.3. The van der Waals surface area contributed by atoms with E-state index in [0.29, 0.717) is 0 Å². The second-order valence-electron chi connectivity index (χ2n) is 11.0. The van der Waals surface area contributed by atoms with Gasteiger partial charge in [-0.25, -0.2) is 0 Å². The first-order chi connectivity index (χ1) is 17.9. The van der Waals surface area contributed by atoms with Crippen LogP contribution in [-0.2, 0) is 39.6 Å². The molecule has 0 bridgehead atoms. The summed E-state index contributed by atoms with van der Waals surface area (Å²) in [5, 5.41) is -0.0136. The highest BCUT2D eigenvalue weighted by atomic mass is 32.2. The van der Waals surface area contributed by atoms with Crippen LogP contribution in [0.1, 0.15) is 40.2 Å². The molecule has 0 unspecified atom stereocenters. The Morgan fingerprint density at radius 1 is 0.868 bits per heavy atom. The van der Waals surface area contributed by atoms with Crippen molar-refractivity contribution in [3.05, 3.63) is 66.2 Å². The van der Waals surface area contributed by atoms with Gasteiger partial charge in [0.1, 0.15) is 17.6 Å². The van der Waals surface area contributed by atoms with Crippen LogP contribution in [0.2, 0.25) is 18.1 Å². The average molecular weight is 561 g/mol. The van der Waals surface area contributed by atoms with Crippen molar-refractivity contribution < 1.29 is 33.0 Å². The molecule has 1 heterocycles. The standard InChI is InChI=1S/C29H40O7SSi/c1-20(30)34-25-24(19-33-38(6,7)29(3,4)5)36-28(37-23-16-12-9-13-17-23)27(35-21(2)31)26(25)32-18-22-14-10-8-11-15-22/h8-17,24-28H,18-19H2,1-7H3/t24-,25+,26+,27-,28+/m1/s1. The van der Waals surface area contributed by atoms with Gasteiger partial charge in [-0.15, -0.1) is 0 Å². The summed E-state index contributed by atoms with van der Waals surface area (Å²) >= 11 is 1.44. The molecule has 0 aromatic heterocycles. The molecule has 3 rings (SSSR count). The lowest BCUT2D eigenvalue weighted by Gasteiger charge is -2.46. The van der Waals surface area contributed by atoms with E-state index in [2.05, 4.69) is 33.9 Å². The number of thioether (sulfide) groups is 1. The first-order valence-corrected chi connectivity index (χ1v) is 16.7. The van der Waals surface area contributed by atoms with Crippen LogP contribution in [0.4, 0.5) is 0 Å². The van der Waals surface area contributed by atoms with E-state index in [-0.39, 0.29) is 18.3 Å². The van der Waals surface area contributed by atoms with Crippen molar-refractivity contribution in [1.29, 1.82) is 0 Å². The number of esters is 2. The fourth-order valence-corrected chi connectivity index (χ4v) is 5.99. The van der Waals surface area contributed by atoms with Crippen LogP contribution in [0.25, 0.3) is 0 Å². The molecule has 0 saturated carbocycles. The Hall–Kier alpha value is -2.17. The van der Waals surface area contributed by atoms with Gasteiger partial charge in [-0.2, -0.15) is 0 Å². The first kappa shape index (κ1) is 30.4.